The first kappa shape index (κ1) is 13.1. The van der Waals surface area contributed by atoms with Crippen LogP contribution in [-0.4, -0.2) is 11.6 Å². The van der Waals surface area contributed by atoms with Crippen LogP contribution in [0.2, 0.25) is 0 Å². The van der Waals surface area contributed by atoms with E-state index in [0.29, 0.717) is 0 Å². The number of carbonyl (C=O) groups is 1. The van der Waals surface area contributed by atoms with Crippen molar-refractivity contribution in [1.82, 2.24) is 0 Å². The Labute approximate surface area is 87.5 Å². The molecule has 54 valence electrons. The van der Waals surface area contributed by atoms with E-state index in [2.05, 4.69) is 6.07 Å². The van der Waals surface area contributed by atoms with Gasteiger partial charge in [-0.1, -0.05) is 5.69 Å². The maximum absolute atomic E-state index is 8.36. The Kier molecular flexibility index (Phi) is 11.3. The van der Waals surface area contributed by atoms with Crippen molar-refractivity contribution in [2.45, 2.75) is 0 Å². The van der Waals surface area contributed by atoms with Crippen molar-refractivity contribution < 1.29 is 39.5 Å². The van der Waals surface area contributed by atoms with Gasteiger partial charge in [-0.05, 0) is 0 Å². The normalized spacial score (nSPS) is 6.55. The molecule has 0 bridgehead atoms. The van der Waals surface area contributed by atoms with E-state index in [1.165, 1.54) is 0 Å². The predicted octanol–water partition coefficient (Wildman–Crippen LogP) is -2.23. The number of rotatable bonds is 0. The Morgan fingerprint density at radius 1 is 1.45 bits per heavy atom. The second-order valence-corrected chi connectivity index (χ2v) is 1.44. The van der Waals surface area contributed by atoms with E-state index >= 15 is 0 Å². The summed E-state index contributed by atoms with van der Waals surface area (Å²) in [5.74, 6) is 0. The second-order valence-electron chi connectivity index (χ2n) is 1.44. The number of carboxylic acid groups (broad SMARTS) is 1. The fourth-order valence-electron chi connectivity index (χ4n) is 0.400. The monoisotopic (exact) mass is 161 g/mol. The molecule has 0 radical (unpaired) electrons. The molecule has 3 nitrogen and oxygen atoms in total. The van der Waals surface area contributed by atoms with Crippen molar-refractivity contribution >= 4 is 12.2 Å². The number of nitrogens with two attached hydrogens (primary N) is 1. The van der Waals surface area contributed by atoms with Crippen LogP contribution >= 0.6 is 0 Å². The predicted molar refractivity (Wildman–Crippen MR) is 38.4 cm³/mol. The summed E-state index contributed by atoms with van der Waals surface area (Å²) in [5.41, 5.74) is 6.13. The zero-order chi connectivity index (χ0) is 7.82. The molecule has 0 aliphatic heterocycles. The molecule has 0 heterocycles. The molecule has 3 N–H and O–H groups in total. The quantitative estimate of drug-likeness (QED) is 0.196. The van der Waals surface area contributed by atoms with E-state index in [-0.39, 0.29) is 36.0 Å². The average Bonchev–Trinajstić information content (AvgIpc) is 1.91. The molecule has 1 aromatic rings. The first-order valence-electron chi connectivity index (χ1n) is 2.60. The maximum Gasteiger partial charge on any atom is 1.00 e. The molecule has 0 spiro atoms. The van der Waals surface area contributed by atoms with E-state index in [0.717, 1.165) is 5.69 Å². The summed E-state index contributed by atoms with van der Waals surface area (Å²) in [6.07, 6.45) is 0. The van der Waals surface area contributed by atoms with E-state index in [1.54, 1.807) is 24.3 Å². The Hall–Kier alpha value is -0.510. The number of anilines is 1. The molecule has 0 saturated heterocycles. The van der Waals surface area contributed by atoms with Crippen molar-refractivity contribution in [3.8, 4) is 0 Å². The van der Waals surface area contributed by atoms with Gasteiger partial charge in [0, 0.05) is 0 Å². The van der Waals surface area contributed by atoms with Gasteiger partial charge >= 0.3 is 29.6 Å². The van der Waals surface area contributed by atoms with Gasteiger partial charge in [-0.15, -0.1) is 12.1 Å². The van der Waals surface area contributed by atoms with Crippen LogP contribution in [0.4, 0.5) is 5.69 Å². The topological polar surface area (TPSA) is 63.3 Å². The van der Waals surface area contributed by atoms with Gasteiger partial charge < -0.3 is 10.8 Å². The molecule has 0 fully saturated rings. The standard InChI is InChI=1S/C6H6N.CH2O2.Na/c7-6-4-2-1-3-5-6;2-1-3;/h2-5H,7H2;1H,(H,2,3);/q-1;;+1. The van der Waals surface area contributed by atoms with Gasteiger partial charge in [0.25, 0.3) is 6.47 Å². The molecule has 0 aliphatic rings. The average molecular weight is 161 g/mol. The number of hydrogen-bond acceptors (Lipinski definition) is 2. The molecule has 0 aliphatic carbocycles. The van der Waals surface area contributed by atoms with Gasteiger partial charge in [-0.25, -0.2) is 0 Å². The molecule has 1 rings (SSSR count). The molecule has 0 atom stereocenters. The molecule has 0 amide bonds. The van der Waals surface area contributed by atoms with Gasteiger partial charge in [0.2, 0.25) is 0 Å². The zero-order valence-electron chi connectivity index (χ0n) is 6.32. The Morgan fingerprint density at radius 3 is 2.00 bits per heavy atom. The van der Waals surface area contributed by atoms with Gasteiger partial charge in [0.15, 0.2) is 0 Å². The van der Waals surface area contributed by atoms with Crippen molar-refractivity contribution in [1.29, 1.82) is 0 Å². The van der Waals surface area contributed by atoms with Crippen molar-refractivity contribution in [2.24, 2.45) is 0 Å². The summed E-state index contributed by atoms with van der Waals surface area (Å²) in [5, 5.41) is 6.89. The van der Waals surface area contributed by atoms with Crippen LogP contribution in [0.1, 0.15) is 0 Å². The van der Waals surface area contributed by atoms with E-state index < -0.39 is 0 Å². The second kappa shape index (κ2) is 9.49. The minimum Gasteiger partial charge on any atom is -0.483 e. The van der Waals surface area contributed by atoms with E-state index in [9.17, 15) is 0 Å². The van der Waals surface area contributed by atoms with Crippen LogP contribution in [-0.2, 0) is 4.79 Å². The Morgan fingerprint density at radius 2 is 1.82 bits per heavy atom. The first-order chi connectivity index (χ1) is 4.81. The van der Waals surface area contributed by atoms with E-state index in [1.807, 2.05) is 0 Å². The summed E-state index contributed by atoms with van der Waals surface area (Å²) < 4.78 is 0. The summed E-state index contributed by atoms with van der Waals surface area (Å²) in [6.45, 7) is -0.250. The summed E-state index contributed by atoms with van der Waals surface area (Å²) in [6, 6.07) is 10.0. The van der Waals surface area contributed by atoms with Crippen LogP contribution in [0, 0.1) is 6.07 Å². The summed E-state index contributed by atoms with van der Waals surface area (Å²) >= 11 is 0. The van der Waals surface area contributed by atoms with Crippen LogP contribution in [0.15, 0.2) is 24.3 Å². The molecule has 11 heavy (non-hydrogen) atoms. The summed E-state index contributed by atoms with van der Waals surface area (Å²) in [4.78, 5) is 8.36. The van der Waals surface area contributed by atoms with E-state index in [4.69, 9.17) is 15.6 Å². The van der Waals surface area contributed by atoms with Crippen molar-refractivity contribution in [2.75, 3.05) is 5.73 Å². The smallest absolute Gasteiger partial charge is 0.483 e. The van der Waals surface area contributed by atoms with Gasteiger partial charge in [-0.3, -0.25) is 4.79 Å². The Balaban J connectivity index is 0. The van der Waals surface area contributed by atoms with Gasteiger partial charge in [0.1, 0.15) is 0 Å². The number of nitrogen functional groups attached to an aromatic ring is 1. The largest absolute Gasteiger partial charge is 1.00 e. The molecule has 0 aromatic heterocycles. The van der Waals surface area contributed by atoms with Crippen LogP contribution in [0.3, 0.4) is 0 Å². The van der Waals surface area contributed by atoms with Crippen LogP contribution < -0.4 is 35.3 Å². The fourth-order valence-corrected chi connectivity index (χ4v) is 0.400. The number of benzene rings is 1. The van der Waals surface area contributed by atoms with Crippen molar-refractivity contribution in [3.05, 3.63) is 30.3 Å². The van der Waals surface area contributed by atoms with Crippen LogP contribution in [0.25, 0.3) is 0 Å². The maximum atomic E-state index is 8.36. The molecule has 0 saturated carbocycles. The van der Waals surface area contributed by atoms with Gasteiger partial charge in [0.05, 0.1) is 0 Å². The third-order valence-electron chi connectivity index (χ3n) is 0.744. The Bertz CT molecular complexity index is 179. The minimum absolute atomic E-state index is 0. The fraction of sp³-hybridized carbons (Fsp3) is 0. The third-order valence-corrected chi connectivity index (χ3v) is 0.744. The number of hydrogen-bond donors (Lipinski definition) is 2. The molecular formula is C7H8NNaO2. The molecule has 4 heteroatoms. The third kappa shape index (κ3) is 9.49. The molecule has 1 aromatic carbocycles. The van der Waals surface area contributed by atoms with Crippen molar-refractivity contribution in [3.63, 3.8) is 0 Å². The first-order valence-corrected chi connectivity index (χ1v) is 2.60. The minimum atomic E-state index is -0.250. The summed E-state index contributed by atoms with van der Waals surface area (Å²) in [7, 11) is 0. The van der Waals surface area contributed by atoms with Gasteiger partial charge in [-0.2, -0.15) is 18.2 Å². The zero-order valence-corrected chi connectivity index (χ0v) is 8.32. The SMILES string of the molecule is Nc1cc[c-]cc1.O=CO.[Na+]. The molecule has 0 unspecified atom stereocenters. The molecular weight excluding hydrogens is 153 g/mol. The van der Waals surface area contributed by atoms with Crippen LogP contribution in [0.5, 0.6) is 0 Å².